The summed E-state index contributed by atoms with van der Waals surface area (Å²) in [6.07, 6.45) is 6.62. The van der Waals surface area contributed by atoms with E-state index in [1.807, 2.05) is 0 Å². The van der Waals surface area contributed by atoms with Gasteiger partial charge >= 0.3 is 0 Å². The summed E-state index contributed by atoms with van der Waals surface area (Å²) in [7, 11) is 0. The minimum atomic E-state index is 0.398. The highest BCUT2D eigenvalue weighted by Crippen LogP contribution is 2.31. The summed E-state index contributed by atoms with van der Waals surface area (Å²) in [6, 6.07) is 0. The lowest BCUT2D eigenvalue weighted by Crippen LogP contribution is -2.21. The molecular formula is C13H25BrO. The standard InChI is InChI=1S/C13H25BrO/c1-13(2,3)12(14)6-4-5-11-7-9-15-10-8-11/h11-12H,4-10H2,1-3H3. The molecule has 15 heavy (non-hydrogen) atoms. The Hall–Kier alpha value is 0.440. The van der Waals surface area contributed by atoms with Crippen LogP contribution in [0.25, 0.3) is 0 Å². The molecule has 0 spiro atoms. The van der Waals surface area contributed by atoms with Crippen molar-refractivity contribution in [1.82, 2.24) is 0 Å². The van der Waals surface area contributed by atoms with Gasteiger partial charge in [0.25, 0.3) is 0 Å². The second-order valence-electron chi connectivity index (χ2n) is 5.82. The van der Waals surface area contributed by atoms with E-state index in [1.165, 1.54) is 32.1 Å². The summed E-state index contributed by atoms with van der Waals surface area (Å²) in [6.45, 7) is 8.89. The summed E-state index contributed by atoms with van der Waals surface area (Å²) < 4.78 is 5.37. The van der Waals surface area contributed by atoms with Crippen LogP contribution in [0, 0.1) is 11.3 Å². The number of hydrogen-bond donors (Lipinski definition) is 0. The maximum absolute atomic E-state index is 5.37. The molecule has 1 rings (SSSR count). The fourth-order valence-corrected chi connectivity index (χ4v) is 2.38. The zero-order valence-electron chi connectivity index (χ0n) is 10.4. The molecule has 1 aliphatic heterocycles. The van der Waals surface area contributed by atoms with Crippen LogP contribution in [0.15, 0.2) is 0 Å². The van der Waals surface area contributed by atoms with Crippen LogP contribution in [-0.4, -0.2) is 18.0 Å². The molecule has 0 N–H and O–H groups in total. The van der Waals surface area contributed by atoms with Crippen molar-refractivity contribution in [3.63, 3.8) is 0 Å². The highest BCUT2D eigenvalue weighted by molar-refractivity contribution is 9.09. The Labute approximate surface area is 103 Å². The van der Waals surface area contributed by atoms with E-state index in [0.717, 1.165) is 19.1 Å². The first-order valence-electron chi connectivity index (χ1n) is 6.22. The maximum Gasteiger partial charge on any atom is 0.0468 e. The average molecular weight is 277 g/mol. The van der Waals surface area contributed by atoms with E-state index >= 15 is 0 Å². The Bertz CT molecular complexity index is 168. The molecule has 0 radical (unpaired) electrons. The fraction of sp³-hybridized carbons (Fsp3) is 1.00. The molecule has 0 aromatic rings. The molecule has 1 heterocycles. The summed E-state index contributed by atoms with van der Waals surface area (Å²) in [5.74, 6) is 0.929. The summed E-state index contributed by atoms with van der Waals surface area (Å²) >= 11 is 3.80. The van der Waals surface area contributed by atoms with Gasteiger partial charge in [0.2, 0.25) is 0 Å². The summed E-state index contributed by atoms with van der Waals surface area (Å²) in [5.41, 5.74) is 0.398. The first-order valence-corrected chi connectivity index (χ1v) is 7.13. The Morgan fingerprint density at radius 1 is 1.27 bits per heavy atom. The average Bonchev–Trinajstić information content (AvgIpc) is 2.18. The van der Waals surface area contributed by atoms with Crippen molar-refractivity contribution in [1.29, 1.82) is 0 Å². The van der Waals surface area contributed by atoms with Crippen molar-refractivity contribution < 1.29 is 4.74 Å². The predicted octanol–water partition coefficient (Wildman–Crippen LogP) is 4.39. The van der Waals surface area contributed by atoms with Gasteiger partial charge in [0, 0.05) is 18.0 Å². The van der Waals surface area contributed by atoms with Crippen LogP contribution < -0.4 is 0 Å². The third-order valence-corrected chi connectivity index (χ3v) is 5.18. The van der Waals surface area contributed by atoms with Gasteiger partial charge in [-0.3, -0.25) is 0 Å². The van der Waals surface area contributed by atoms with Crippen LogP contribution in [0.2, 0.25) is 0 Å². The van der Waals surface area contributed by atoms with Crippen LogP contribution in [-0.2, 0) is 4.74 Å². The normalized spacial score (nSPS) is 21.6. The van der Waals surface area contributed by atoms with E-state index in [4.69, 9.17) is 4.74 Å². The van der Waals surface area contributed by atoms with E-state index in [-0.39, 0.29) is 0 Å². The van der Waals surface area contributed by atoms with Crippen LogP contribution in [0.3, 0.4) is 0 Å². The Morgan fingerprint density at radius 2 is 1.87 bits per heavy atom. The molecule has 0 amide bonds. The molecule has 1 atom stereocenters. The van der Waals surface area contributed by atoms with Gasteiger partial charge in [-0.25, -0.2) is 0 Å². The SMILES string of the molecule is CC(C)(C)C(Br)CCCC1CCOCC1. The van der Waals surface area contributed by atoms with E-state index in [9.17, 15) is 0 Å². The lowest BCUT2D eigenvalue weighted by atomic mass is 9.87. The van der Waals surface area contributed by atoms with E-state index in [2.05, 4.69) is 36.7 Å². The third kappa shape index (κ3) is 5.35. The largest absolute Gasteiger partial charge is 0.381 e. The first-order chi connectivity index (χ1) is 7.00. The van der Waals surface area contributed by atoms with Crippen molar-refractivity contribution >= 4 is 15.9 Å². The highest BCUT2D eigenvalue weighted by atomic mass is 79.9. The van der Waals surface area contributed by atoms with Crippen LogP contribution in [0.4, 0.5) is 0 Å². The predicted molar refractivity (Wildman–Crippen MR) is 69.6 cm³/mol. The van der Waals surface area contributed by atoms with Crippen LogP contribution >= 0.6 is 15.9 Å². The first kappa shape index (κ1) is 13.5. The van der Waals surface area contributed by atoms with Gasteiger partial charge in [-0.05, 0) is 30.6 Å². The second-order valence-corrected chi connectivity index (χ2v) is 6.93. The van der Waals surface area contributed by atoms with Crippen molar-refractivity contribution in [3.05, 3.63) is 0 Å². The molecule has 1 unspecified atom stereocenters. The van der Waals surface area contributed by atoms with E-state index < -0.39 is 0 Å². The van der Waals surface area contributed by atoms with Crippen molar-refractivity contribution in [3.8, 4) is 0 Å². The molecule has 0 aromatic carbocycles. The van der Waals surface area contributed by atoms with E-state index in [0.29, 0.717) is 10.2 Å². The van der Waals surface area contributed by atoms with Gasteiger partial charge < -0.3 is 4.74 Å². The second kappa shape index (κ2) is 6.24. The Morgan fingerprint density at radius 3 is 2.40 bits per heavy atom. The van der Waals surface area contributed by atoms with Gasteiger partial charge in [0.05, 0.1) is 0 Å². The molecule has 1 fully saturated rings. The molecular weight excluding hydrogens is 252 g/mol. The zero-order valence-corrected chi connectivity index (χ0v) is 12.0. The van der Waals surface area contributed by atoms with Gasteiger partial charge in [-0.15, -0.1) is 0 Å². The molecule has 2 heteroatoms. The Balaban J connectivity index is 2.10. The van der Waals surface area contributed by atoms with Gasteiger partial charge in [0.15, 0.2) is 0 Å². The minimum Gasteiger partial charge on any atom is -0.381 e. The molecule has 0 aliphatic carbocycles. The zero-order chi connectivity index (χ0) is 11.3. The van der Waals surface area contributed by atoms with Gasteiger partial charge in [-0.2, -0.15) is 0 Å². The fourth-order valence-electron chi connectivity index (χ4n) is 2.05. The summed E-state index contributed by atoms with van der Waals surface area (Å²) in [4.78, 5) is 0.657. The van der Waals surface area contributed by atoms with E-state index in [1.54, 1.807) is 0 Å². The van der Waals surface area contributed by atoms with Crippen molar-refractivity contribution in [2.24, 2.45) is 11.3 Å². The summed E-state index contributed by atoms with van der Waals surface area (Å²) in [5, 5.41) is 0. The molecule has 1 nitrogen and oxygen atoms in total. The van der Waals surface area contributed by atoms with Crippen molar-refractivity contribution in [2.75, 3.05) is 13.2 Å². The number of ether oxygens (including phenoxy) is 1. The Kier molecular flexibility index (Phi) is 5.62. The minimum absolute atomic E-state index is 0.398. The van der Waals surface area contributed by atoms with Crippen LogP contribution in [0.5, 0.6) is 0 Å². The molecule has 1 saturated heterocycles. The lowest BCUT2D eigenvalue weighted by Gasteiger charge is -2.27. The number of halogens is 1. The number of rotatable bonds is 4. The van der Waals surface area contributed by atoms with Crippen molar-refractivity contribution in [2.45, 2.75) is 57.7 Å². The van der Waals surface area contributed by atoms with Crippen LogP contribution in [0.1, 0.15) is 52.9 Å². The maximum atomic E-state index is 5.37. The molecule has 0 aromatic heterocycles. The number of hydrogen-bond acceptors (Lipinski definition) is 1. The van der Waals surface area contributed by atoms with Gasteiger partial charge in [0.1, 0.15) is 0 Å². The van der Waals surface area contributed by atoms with Gasteiger partial charge in [-0.1, -0.05) is 49.5 Å². The number of alkyl halides is 1. The third-order valence-electron chi connectivity index (χ3n) is 3.35. The molecule has 90 valence electrons. The monoisotopic (exact) mass is 276 g/mol. The lowest BCUT2D eigenvalue weighted by molar-refractivity contribution is 0.0630. The smallest absolute Gasteiger partial charge is 0.0468 e. The quantitative estimate of drug-likeness (QED) is 0.692. The highest BCUT2D eigenvalue weighted by Gasteiger charge is 2.22. The topological polar surface area (TPSA) is 9.23 Å². The molecule has 0 bridgehead atoms. The molecule has 0 saturated carbocycles. The molecule has 1 aliphatic rings.